The van der Waals surface area contributed by atoms with Gasteiger partial charge >= 0.3 is 5.97 Å². The molecule has 1 aromatic rings. The fourth-order valence-electron chi connectivity index (χ4n) is 2.77. The Morgan fingerprint density at radius 2 is 2.35 bits per heavy atom. The van der Waals surface area contributed by atoms with Crippen molar-refractivity contribution in [2.45, 2.75) is 25.2 Å². The highest BCUT2D eigenvalue weighted by Gasteiger charge is 2.54. The third-order valence-electron chi connectivity index (χ3n) is 3.92. The van der Waals surface area contributed by atoms with Crippen LogP contribution >= 0.6 is 0 Å². The SMILES string of the molecule is C=Cc1cc2c(o1)C1(CC1)CN(CC(=O)OCC)C2=O. The first-order chi connectivity index (χ1) is 9.59. The lowest BCUT2D eigenvalue weighted by atomic mass is 9.94. The van der Waals surface area contributed by atoms with Gasteiger partial charge in [0.05, 0.1) is 12.2 Å². The first kappa shape index (κ1) is 13.0. The molecule has 3 rings (SSSR count). The summed E-state index contributed by atoms with van der Waals surface area (Å²) in [6.45, 7) is 6.27. The Kier molecular flexibility index (Phi) is 2.92. The topological polar surface area (TPSA) is 59.8 Å². The standard InChI is InChI=1S/C15H17NO4/c1-3-10-7-11-13(20-10)15(5-6-15)9-16(14(11)18)8-12(17)19-4-2/h3,7H,1,4-6,8-9H2,2H3. The number of carbonyl (C=O) groups is 2. The van der Waals surface area contributed by atoms with E-state index in [1.54, 1.807) is 24.0 Å². The van der Waals surface area contributed by atoms with E-state index in [1.165, 1.54) is 0 Å². The molecule has 5 heteroatoms. The molecule has 0 atom stereocenters. The zero-order chi connectivity index (χ0) is 14.3. The van der Waals surface area contributed by atoms with Crippen molar-refractivity contribution in [2.24, 2.45) is 0 Å². The molecule has 106 valence electrons. The highest BCUT2D eigenvalue weighted by Crippen LogP contribution is 2.53. The average molecular weight is 275 g/mol. The maximum atomic E-state index is 12.4. The molecule has 1 aliphatic carbocycles. The first-order valence-corrected chi connectivity index (χ1v) is 6.81. The summed E-state index contributed by atoms with van der Waals surface area (Å²) in [6, 6.07) is 1.71. The van der Waals surface area contributed by atoms with Gasteiger partial charge in [0.1, 0.15) is 18.1 Å². The van der Waals surface area contributed by atoms with Crippen LogP contribution in [-0.2, 0) is 14.9 Å². The Morgan fingerprint density at radius 1 is 1.60 bits per heavy atom. The zero-order valence-corrected chi connectivity index (χ0v) is 11.5. The second kappa shape index (κ2) is 4.51. The molecule has 2 aliphatic rings. The van der Waals surface area contributed by atoms with Crippen LogP contribution in [0.5, 0.6) is 0 Å². The van der Waals surface area contributed by atoms with Crippen LogP contribution in [0.4, 0.5) is 0 Å². The monoisotopic (exact) mass is 275 g/mol. The van der Waals surface area contributed by atoms with Gasteiger partial charge in [-0.2, -0.15) is 0 Å². The summed E-state index contributed by atoms with van der Waals surface area (Å²) in [6.07, 6.45) is 3.56. The largest absolute Gasteiger partial charge is 0.465 e. The predicted octanol–water partition coefficient (Wildman–Crippen LogP) is 1.97. The minimum absolute atomic E-state index is 0.00245. The summed E-state index contributed by atoms with van der Waals surface area (Å²) in [5.74, 6) is 0.833. The maximum Gasteiger partial charge on any atom is 0.325 e. The van der Waals surface area contributed by atoms with Crippen LogP contribution in [0.2, 0.25) is 0 Å². The van der Waals surface area contributed by atoms with Crippen molar-refractivity contribution in [1.82, 2.24) is 4.90 Å². The summed E-state index contributed by atoms with van der Waals surface area (Å²) in [5.41, 5.74) is 0.463. The van der Waals surface area contributed by atoms with Crippen LogP contribution in [0.25, 0.3) is 6.08 Å². The lowest BCUT2D eigenvalue weighted by Crippen LogP contribution is -2.45. The lowest BCUT2D eigenvalue weighted by Gasteiger charge is -2.30. The molecular formula is C15H17NO4. The summed E-state index contributed by atoms with van der Waals surface area (Å²) in [4.78, 5) is 25.6. The summed E-state index contributed by atoms with van der Waals surface area (Å²) >= 11 is 0. The molecule has 1 amide bonds. The Bertz CT molecular complexity index is 583. The molecule has 1 saturated carbocycles. The summed E-state index contributed by atoms with van der Waals surface area (Å²) in [7, 11) is 0. The van der Waals surface area contributed by atoms with Gasteiger partial charge in [-0.3, -0.25) is 9.59 Å². The molecule has 1 aromatic heterocycles. The number of furan rings is 1. The van der Waals surface area contributed by atoms with Crippen molar-refractivity contribution >= 4 is 18.0 Å². The molecule has 0 N–H and O–H groups in total. The second-order valence-corrected chi connectivity index (χ2v) is 5.34. The average Bonchev–Trinajstić information content (AvgIpc) is 3.04. The molecule has 0 aromatic carbocycles. The van der Waals surface area contributed by atoms with E-state index in [-0.39, 0.29) is 23.8 Å². The Hall–Kier alpha value is -2.04. The molecular weight excluding hydrogens is 258 g/mol. The Labute approximate surface area is 117 Å². The Balaban J connectivity index is 1.89. The van der Waals surface area contributed by atoms with Gasteiger partial charge < -0.3 is 14.1 Å². The number of ether oxygens (including phenoxy) is 1. The molecule has 5 nitrogen and oxygen atoms in total. The van der Waals surface area contributed by atoms with Crippen LogP contribution in [0.3, 0.4) is 0 Å². The number of hydrogen-bond donors (Lipinski definition) is 0. The zero-order valence-electron chi connectivity index (χ0n) is 11.5. The smallest absolute Gasteiger partial charge is 0.325 e. The number of nitrogens with zero attached hydrogens (tertiary/aromatic N) is 1. The van der Waals surface area contributed by atoms with Gasteiger partial charge in [-0.1, -0.05) is 6.58 Å². The van der Waals surface area contributed by atoms with Crippen LogP contribution < -0.4 is 0 Å². The molecule has 0 saturated heterocycles. The van der Waals surface area contributed by atoms with Crippen LogP contribution in [0.15, 0.2) is 17.1 Å². The van der Waals surface area contributed by atoms with Gasteiger partial charge in [0, 0.05) is 12.0 Å². The van der Waals surface area contributed by atoms with Crippen molar-refractivity contribution in [3.8, 4) is 0 Å². The molecule has 1 aliphatic heterocycles. The minimum atomic E-state index is -0.368. The van der Waals surface area contributed by atoms with E-state index in [1.807, 2.05) is 0 Å². The van der Waals surface area contributed by atoms with E-state index in [2.05, 4.69) is 6.58 Å². The minimum Gasteiger partial charge on any atom is -0.465 e. The highest BCUT2D eigenvalue weighted by molar-refractivity contribution is 5.99. The molecule has 20 heavy (non-hydrogen) atoms. The van der Waals surface area contributed by atoms with Crippen molar-refractivity contribution < 1.29 is 18.7 Å². The van der Waals surface area contributed by atoms with Gasteiger partial charge in [0.25, 0.3) is 5.91 Å². The fraction of sp³-hybridized carbons (Fsp3) is 0.467. The summed E-state index contributed by atoms with van der Waals surface area (Å²) < 4.78 is 10.6. The van der Waals surface area contributed by atoms with E-state index >= 15 is 0 Å². The second-order valence-electron chi connectivity index (χ2n) is 5.34. The number of fused-ring (bicyclic) bond motifs is 2. The van der Waals surface area contributed by atoms with E-state index in [0.29, 0.717) is 24.5 Å². The van der Waals surface area contributed by atoms with Crippen molar-refractivity contribution in [3.05, 3.63) is 29.7 Å². The number of esters is 1. The fourth-order valence-corrected chi connectivity index (χ4v) is 2.77. The number of amides is 1. The van der Waals surface area contributed by atoms with Crippen LogP contribution in [-0.4, -0.2) is 36.5 Å². The summed E-state index contributed by atoms with van der Waals surface area (Å²) in [5, 5.41) is 0. The van der Waals surface area contributed by atoms with Crippen molar-refractivity contribution in [1.29, 1.82) is 0 Å². The van der Waals surface area contributed by atoms with E-state index in [4.69, 9.17) is 9.15 Å². The molecule has 0 bridgehead atoms. The van der Waals surface area contributed by atoms with Gasteiger partial charge in [-0.25, -0.2) is 0 Å². The predicted molar refractivity (Wildman–Crippen MR) is 72.2 cm³/mol. The molecule has 0 radical (unpaired) electrons. The van der Waals surface area contributed by atoms with Gasteiger partial charge in [0.2, 0.25) is 0 Å². The van der Waals surface area contributed by atoms with E-state index in [0.717, 1.165) is 18.6 Å². The van der Waals surface area contributed by atoms with Gasteiger partial charge in [-0.05, 0) is 31.9 Å². The quantitative estimate of drug-likeness (QED) is 0.788. The first-order valence-electron chi connectivity index (χ1n) is 6.81. The normalized spacial score (nSPS) is 18.9. The van der Waals surface area contributed by atoms with Crippen LogP contribution in [0.1, 0.15) is 41.6 Å². The van der Waals surface area contributed by atoms with Crippen molar-refractivity contribution in [2.75, 3.05) is 19.7 Å². The number of carbonyl (C=O) groups excluding carboxylic acids is 2. The van der Waals surface area contributed by atoms with E-state index < -0.39 is 0 Å². The third kappa shape index (κ3) is 1.94. The number of hydrogen-bond acceptors (Lipinski definition) is 4. The van der Waals surface area contributed by atoms with E-state index in [9.17, 15) is 9.59 Å². The van der Waals surface area contributed by atoms with Crippen molar-refractivity contribution in [3.63, 3.8) is 0 Å². The third-order valence-corrected chi connectivity index (χ3v) is 3.92. The van der Waals surface area contributed by atoms with Gasteiger partial charge in [-0.15, -0.1) is 0 Å². The molecule has 0 unspecified atom stereocenters. The number of rotatable bonds is 4. The molecule has 2 heterocycles. The Morgan fingerprint density at radius 3 is 2.95 bits per heavy atom. The molecule has 1 spiro atoms. The highest BCUT2D eigenvalue weighted by atomic mass is 16.5. The maximum absolute atomic E-state index is 12.4. The molecule has 1 fully saturated rings. The van der Waals surface area contributed by atoms with Gasteiger partial charge in [0.15, 0.2) is 0 Å². The van der Waals surface area contributed by atoms with Crippen LogP contribution in [0, 0.1) is 0 Å². The lowest BCUT2D eigenvalue weighted by molar-refractivity contribution is -0.144.